The first-order valence-corrected chi connectivity index (χ1v) is 9.00. The topological polar surface area (TPSA) is 77.0 Å². The lowest BCUT2D eigenvalue weighted by Gasteiger charge is -2.11. The second kappa shape index (κ2) is 7.12. The van der Waals surface area contributed by atoms with Crippen LogP contribution in [0, 0.1) is 6.92 Å². The highest BCUT2D eigenvalue weighted by Gasteiger charge is 2.24. The molecule has 0 bridgehead atoms. The minimum Gasteiger partial charge on any atom is -0.449 e. The number of nitrogens with zero attached hydrogens (tertiary/aromatic N) is 2. The zero-order valence-corrected chi connectivity index (χ0v) is 15.7. The van der Waals surface area contributed by atoms with E-state index in [9.17, 15) is 18.4 Å². The molecule has 0 aliphatic rings. The summed E-state index contributed by atoms with van der Waals surface area (Å²) in [7, 11) is 0. The van der Waals surface area contributed by atoms with Gasteiger partial charge < -0.3 is 9.72 Å². The highest BCUT2D eigenvalue weighted by Crippen LogP contribution is 2.37. The summed E-state index contributed by atoms with van der Waals surface area (Å²) in [5.74, 6) is 0. The SMILES string of the molecule is CCOC(=O)n1c2ccc(C(F)F)cc2c2[nH]c(=O)c(C)c(-c3cccnc3)c21. The number of hydrogen-bond acceptors (Lipinski definition) is 4. The van der Waals surface area contributed by atoms with E-state index in [1.165, 1.54) is 22.8 Å². The smallest absolute Gasteiger partial charge is 0.419 e. The van der Waals surface area contributed by atoms with Crippen molar-refractivity contribution in [2.75, 3.05) is 6.61 Å². The Bertz CT molecular complexity index is 1290. The number of H-pyrrole nitrogens is 1. The number of rotatable bonds is 3. The first-order chi connectivity index (χ1) is 13.9. The first-order valence-electron chi connectivity index (χ1n) is 9.00. The number of aromatic amines is 1. The zero-order valence-electron chi connectivity index (χ0n) is 15.7. The van der Waals surface area contributed by atoms with E-state index in [4.69, 9.17) is 4.74 Å². The maximum absolute atomic E-state index is 13.3. The van der Waals surface area contributed by atoms with Gasteiger partial charge in [-0.05, 0) is 32.0 Å². The molecular weight excluding hydrogens is 380 g/mol. The summed E-state index contributed by atoms with van der Waals surface area (Å²) in [6, 6.07) is 7.47. The Morgan fingerprint density at radius 2 is 2.10 bits per heavy atom. The number of pyridine rings is 2. The highest BCUT2D eigenvalue weighted by molar-refractivity contribution is 6.15. The number of alkyl halides is 2. The maximum Gasteiger partial charge on any atom is 0.419 e. The molecule has 0 amide bonds. The van der Waals surface area contributed by atoms with Gasteiger partial charge in [0.1, 0.15) is 0 Å². The average molecular weight is 397 g/mol. The average Bonchev–Trinajstić information content (AvgIpc) is 3.02. The number of hydrogen-bond donors (Lipinski definition) is 1. The van der Waals surface area contributed by atoms with Crippen molar-refractivity contribution in [2.24, 2.45) is 0 Å². The molecule has 0 fully saturated rings. The van der Waals surface area contributed by atoms with Crippen LogP contribution in [-0.2, 0) is 4.74 Å². The van der Waals surface area contributed by atoms with Crippen LogP contribution in [0.5, 0.6) is 0 Å². The second-order valence-corrected chi connectivity index (χ2v) is 6.53. The van der Waals surface area contributed by atoms with Gasteiger partial charge in [-0.3, -0.25) is 9.78 Å². The van der Waals surface area contributed by atoms with Gasteiger partial charge in [0.15, 0.2) is 0 Å². The largest absolute Gasteiger partial charge is 0.449 e. The van der Waals surface area contributed by atoms with Gasteiger partial charge in [-0.1, -0.05) is 12.1 Å². The number of carbonyl (C=O) groups is 1. The lowest BCUT2D eigenvalue weighted by atomic mass is 10.0. The predicted molar refractivity (Wildman–Crippen MR) is 105 cm³/mol. The van der Waals surface area contributed by atoms with Crippen molar-refractivity contribution in [2.45, 2.75) is 20.3 Å². The second-order valence-electron chi connectivity index (χ2n) is 6.53. The molecule has 4 aromatic rings. The van der Waals surface area contributed by atoms with E-state index < -0.39 is 12.5 Å². The molecule has 0 saturated carbocycles. The Morgan fingerprint density at radius 3 is 2.76 bits per heavy atom. The van der Waals surface area contributed by atoms with Crippen molar-refractivity contribution >= 4 is 28.0 Å². The molecule has 0 aliphatic carbocycles. The Morgan fingerprint density at radius 1 is 1.31 bits per heavy atom. The lowest BCUT2D eigenvalue weighted by molar-refractivity contribution is 0.151. The van der Waals surface area contributed by atoms with Gasteiger partial charge in [0, 0.05) is 40.0 Å². The van der Waals surface area contributed by atoms with E-state index in [1.54, 1.807) is 38.4 Å². The minimum atomic E-state index is -2.68. The van der Waals surface area contributed by atoms with Crippen LogP contribution in [0.25, 0.3) is 33.1 Å². The van der Waals surface area contributed by atoms with Crippen molar-refractivity contribution in [1.82, 2.24) is 14.5 Å². The Balaban J connectivity index is 2.24. The molecule has 4 rings (SSSR count). The first kappa shape index (κ1) is 18.8. The highest BCUT2D eigenvalue weighted by atomic mass is 19.3. The van der Waals surface area contributed by atoms with Crippen molar-refractivity contribution in [3.63, 3.8) is 0 Å². The normalized spacial score (nSPS) is 11.5. The fraction of sp³-hybridized carbons (Fsp3) is 0.190. The van der Waals surface area contributed by atoms with E-state index in [0.717, 1.165) is 0 Å². The van der Waals surface area contributed by atoms with Gasteiger partial charge in [-0.15, -0.1) is 0 Å². The third-order valence-corrected chi connectivity index (χ3v) is 4.83. The Kier molecular flexibility index (Phi) is 4.62. The van der Waals surface area contributed by atoms with Crippen LogP contribution in [0.1, 0.15) is 24.5 Å². The fourth-order valence-corrected chi connectivity index (χ4v) is 3.55. The Hall–Kier alpha value is -3.55. The molecule has 3 aromatic heterocycles. The quantitative estimate of drug-likeness (QED) is 0.539. The van der Waals surface area contributed by atoms with Gasteiger partial charge in [0.2, 0.25) is 0 Å². The number of halogens is 2. The molecule has 3 heterocycles. The van der Waals surface area contributed by atoms with E-state index in [1.807, 2.05) is 0 Å². The van der Waals surface area contributed by atoms with Crippen LogP contribution in [0.4, 0.5) is 13.6 Å². The van der Waals surface area contributed by atoms with Gasteiger partial charge in [-0.25, -0.2) is 18.1 Å². The maximum atomic E-state index is 13.3. The van der Waals surface area contributed by atoms with Crippen molar-refractivity contribution in [3.8, 4) is 11.1 Å². The molecule has 1 aromatic carbocycles. The summed E-state index contributed by atoms with van der Waals surface area (Å²) >= 11 is 0. The number of fused-ring (bicyclic) bond motifs is 3. The molecule has 148 valence electrons. The van der Waals surface area contributed by atoms with E-state index in [-0.39, 0.29) is 17.7 Å². The molecule has 8 heteroatoms. The predicted octanol–water partition coefficient (Wildman–Crippen LogP) is 4.80. The molecule has 29 heavy (non-hydrogen) atoms. The summed E-state index contributed by atoms with van der Waals surface area (Å²) in [5.41, 5.74) is 1.98. The van der Waals surface area contributed by atoms with E-state index >= 15 is 0 Å². The van der Waals surface area contributed by atoms with Gasteiger partial charge in [0.25, 0.3) is 12.0 Å². The molecule has 0 radical (unpaired) electrons. The molecule has 0 spiro atoms. The number of ether oxygens (including phenoxy) is 1. The van der Waals surface area contributed by atoms with Crippen LogP contribution in [0.3, 0.4) is 0 Å². The minimum absolute atomic E-state index is 0.139. The van der Waals surface area contributed by atoms with E-state index in [2.05, 4.69) is 9.97 Å². The van der Waals surface area contributed by atoms with Crippen LogP contribution in [0.2, 0.25) is 0 Å². The standard InChI is InChI=1S/C21H17F2N3O3/c1-3-29-21(28)26-15-7-6-12(19(22)23)9-14(15)17-18(26)16(11(2)20(27)25-17)13-5-4-8-24-10-13/h4-10,19H,3H2,1-2H3,(H,25,27). The molecule has 1 N–H and O–H groups in total. The van der Waals surface area contributed by atoms with Crippen molar-refractivity contribution < 1.29 is 18.3 Å². The van der Waals surface area contributed by atoms with Gasteiger partial charge in [0.05, 0.1) is 23.2 Å². The fourth-order valence-electron chi connectivity index (χ4n) is 3.55. The molecule has 0 atom stereocenters. The summed E-state index contributed by atoms with van der Waals surface area (Å²) in [5, 5.41) is 0.341. The number of carbonyl (C=O) groups excluding carboxylic acids is 1. The summed E-state index contributed by atoms with van der Waals surface area (Å²) < 4.78 is 33.1. The van der Waals surface area contributed by atoms with Gasteiger partial charge >= 0.3 is 6.09 Å². The third kappa shape index (κ3) is 2.97. The summed E-state index contributed by atoms with van der Waals surface area (Å²) in [6.45, 7) is 3.45. The molecule has 0 aliphatic heterocycles. The molecule has 0 unspecified atom stereocenters. The van der Waals surface area contributed by atoms with Gasteiger partial charge in [-0.2, -0.15) is 0 Å². The molecule has 0 saturated heterocycles. The number of aromatic nitrogens is 3. The summed E-state index contributed by atoms with van der Waals surface area (Å²) in [6.07, 6.45) is -0.165. The molecular formula is C21H17F2N3O3. The zero-order chi connectivity index (χ0) is 20.7. The monoisotopic (exact) mass is 397 g/mol. The van der Waals surface area contributed by atoms with Crippen LogP contribution in [0.15, 0.2) is 47.5 Å². The third-order valence-electron chi connectivity index (χ3n) is 4.83. The lowest BCUT2D eigenvalue weighted by Crippen LogP contribution is -2.16. The number of benzene rings is 1. The Labute approximate surface area is 163 Å². The van der Waals surface area contributed by atoms with Crippen molar-refractivity contribution in [1.29, 1.82) is 0 Å². The van der Waals surface area contributed by atoms with Crippen LogP contribution < -0.4 is 5.56 Å². The number of nitrogens with one attached hydrogen (secondary N) is 1. The van der Waals surface area contributed by atoms with Crippen LogP contribution in [-0.4, -0.2) is 27.2 Å². The van der Waals surface area contributed by atoms with E-state index in [0.29, 0.717) is 38.6 Å². The molecule has 6 nitrogen and oxygen atoms in total. The van der Waals surface area contributed by atoms with Crippen molar-refractivity contribution in [3.05, 3.63) is 64.2 Å². The summed E-state index contributed by atoms with van der Waals surface area (Å²) in [4.78, 5) is 32.3. The van der Waals surface area contributed by atoms with Crippen LogP contribution >= 0.6 is 0 Å².